The summed E-state index contributed by atoms with van der Waals surface area (Å²) in [5, 5.41) is 16.3. The number of aromatic nitrogens is 1. The number of aliphatic hydroxyl groups is 1. The average Bonchev–Trinajstić information content (AvgIpc) is 3.16. The van der Waals surface area contributed by atoms with Crippen LogP contribution in [-0.2, 0) is 11.3 Å². The third kappa shape index (κ3) is 3.58. The van der Waals surface area contributed by atoms with Crippen molar-refractivity contribution in [2.75, 3.05) is 0 Å². The smallest absolute Gasteiger partial charge is 0.223 e. The molecule has 4 nitrogen and oxygen atoms in total. The molecule has 1 heterocycles. The summed E-state index contributed by atoms with van der Waals surface area (Å²) in [5.74, 6) is 0.608. The number of hydrogen-bond donors (Lipinski definition) is 2. The largest absolute Gasteiger partial charge is 0.389 e. The number of thiazole rings is 1. The van der Waals surface area contributed by atoms with Gasteiger partial charge in [-0.25, -0.2) is 4.98 Å². The molecule has 1 amide bonds. The quantitative estimate of drug-likeness (QED) is 0.877. The first kappa shape index (κ1) is 14.0. The Morgan fingerprint density at radius 3 is 2.85 bits per heavy atom. The normalized spacial score (nSPS) is 21.6. The molecule has 0 spiro atoms. The van der Waals surface area contributed by atoms with Gasteiger partial charge in [0.15, 0.2) is 0 Å². The summed E-state index contributed by atoms with van der Waals surface area (Å²) in [4.78, 5) is 16.5. The monoisotopic (exact) mass is 294 g/mol. The number of nitrogens with zero attached hydrogens (tertiary/aromatic N) is 1. The van der Waals surface area contributed by atoms with Gasteiger partial charge in [0.25, 0.3) is 0 Å². The van der Waals surface area contributed by atoms with Crippen LogP contribution in [0.1, 0.15) is 68.0 Å². The predicted molar refractivity (Wildman–Crippen MR) is 78.6 cm³/mol. The summed E-state index contributed by atoms with van der Waals surface area (Å²) >= 11 is 1.62. The van der Waals surface area contributed by atoms with Crippen molar-refractivity contribution in [1.29, 1.82) is 0 Å². The van der Waals surface area contributed by atoms with Crippen molar-refractivity contribution in [3.63, 3.8) is 0 Å². The van der Waals surface area contributed by atoms with Crippen molar-refractivity contribution in [3.8, 4) is 0 Å². The lowest BCUT2D eigenvalue weighted by atomic mass is 9.82. The summed E-state index contributed by atoms with van der Waals surface area (Å²) in [6, 6.07) is 0. The molecular formula is C15H22N2O2S. The maximum atomic E-state index is 11.9. The number of carbonyl (C=O) groups is 1. The summed E-state index contributed by atoms with van der Waals surface area (Å²) in [7, 11) is 0. The van der Waals surface area contributed by atoms with Crippen molar-refractivity contribution in [3.05, 3.63) is 16.1 Å². The summed E-state index contributed by atoms with van der Waals surface area (Å²) in [5.41, 5.74) is 0.412. The second-order valence-electron chi connectivity index (χ2n) is 6.18. The Morgan fingerprint density at radius 2 is 2.15 bits per heavy atom. The van der Waals surface area contributed by atoms with Crippen LogP contribution in [0, 0.1) is 0 Å². The van der Waals surface area contributed by atoms with Gasteiger partial charge in [0.2, 0.25) is 5.91 Å². The van der Waals surface area contributed by atoms with Gasteiger partial charge in [-0.05, 0) is 25.7 Å². The second-order valence-corrected chi connectivity index (χ2v) is 7.12. The first-order valence-corrected chi connectivity index (χ1v) is 8.46. The van der Waals surface area contributed by atoms with Gasteiger partial charge in [-0.15, -0.1) is 11.3 Å². The fourth-order valence-corrected chi connectivity index (χ4v) is 3.71. The lowest BCUT2D eigenvalue weighted by molar-refractivity contribution is -0.127. The van der Waals surface area contributed by atoms with E-state index < -0.39 is 5.60 Å². The second kappa shape index (κ2) is 5.82. The van der Waals surface area contributed by atoms with Crippen LogP contribution in [0.5, 0.6) is 0 Å². The zero-order valence-electron chi connectivity index (χ0n) is 11.7. The molecule has 0 aliphatic heterocycles. The van der Waals surface area contributed by atoms with Crippen LogP contribution in [0.3, 0.4) is 0 Å². The Morgan fingerprint density at radius 1 is 1.40 bits per heavy atom. The van der Waals surface area contributed by atoms with Gasteiger partial charge in [0.05, 0.1) is 24.3 Å². The van der Waals surface area contributed by atoms with Crippen molar-refractivity contribution < 1.29 is 9.90 Å². The van der Waals surface area contributed by atoms with E-state index in [0.29, 0.717) is 12.5 Å². The van der Waals surface area contributed by atoms with Gasteiger partial charge in [-0.1, -0.05) is 19.3 Å². The van der Waals surface area contributed by atoms with E-state index >= 15 is 0 Å². The molecular weight excluding hydrogens is 272 g/mol. The fourth-order valence-electron chi connectivity index (χ4n) is 2.90. The number of rotatable bonds is 5. The predicted octanol–water partition coefficient (Wildman–Crippen LogP) is 2.72. The maximum absolute atomic E-state index is 11.9. The fraction of sp³-hybridized carbons (Fsp3) is 0.733. The third-order valence-electron chi connectivity index (χ3n) is 4.28. The van der Waals surface area contributed by atoms with Gasteiger partial charge in [0, 0.05) is 11.3 Å². The van der Waals surface area contributed by atoms with E-state index in [4.69, 9.17) is 0 Å². The van der Waals surface area contributed by atoms with Crippen molar-refractivity contribution in [2.24, 2.45) is 0 Å². The standard InChI is InChI=1S/C15H22N2O2S/c18-13(8-15(19)6-2-1-3-7-15)16-9-14-17-12(10-20-14)11-4-5-11/h10-11,19H,1-9H2,(H,16,18). The molecule has 0 atom stereocenters. The average molecular weight is 294 g/mol. The van der Waals surface area contributed by atoms with Crippen LogP contribution in [0.25, 0.3) is 0 Å². The molecule has 0 unspecified atom stereocenters. The van der Waals surface area contributed by atoms with Crippen molar-refractivity contribution in [1.82, 2.24) is 10.3 Å². The molecule has 0 radical (unpaired) electrons. The van der Waals surface area contributed by atoms with E-state index in [1.165, 1.54) is 25.0 Å². The Balaban J connectivity index is 1.46. The molecule has 0 saturated heterocycles. The maximum Gasteiger partial charge on any atom is 0.223 e. The molecule has 20 heavy (non-hydrogen) atoms. The molecule has 0 aromatic carbocycles. The highest BCUT2D eigenvalue weighted by Gasteiger charge is 2.31. The molecule has 2 aliphatic rings. The number of hydrogen-bond acceptors (Lipinski definition) is 4. The lowest BCUT2D eigenvalue weighted by Gasteiger charge is -2.31. The van der Waals surface area contributed by atoms with Gasteiger partial charge in [-0.3, -0.25) is 4.79 Å². The zero-order valence-corrected chi connectivity index (χ0v) is 12.5. The van der Waals surface area contributed by atoms with Gasteiger partial charge in [-0.2, -0.15) is 0 Å². The highest BCUT2D eigenvalue weighted by atomic mass is 32.1. The van der Waals surface area contributed by atoms with E-state index in [1.54, 1.807) is 11.3 Å². The van der Waals surface area contributed by atoms with Crippen LogP contribution in [0.2, 0.25) is 0 Å². The first-order valence-electron chi connectivity index (χ1n) is 7.58. The SMILES string of the molecule is O=C(CC1(O)CCCCC1)NCc1nc(C2CC2)cs1. The van der Waals surface area contributed by atoms with Gasteiger partial charge in [0.1, 0.15) is 5.01 Å². The minimum absolute atomic E-state index is 0.0578. The molecule has 2 aliphatic carbocycles. The summed E-state index contributed by atoms with van der Waals surface area (Å²) < 4.78 is 0. The van der Waals surface area contributed by atoms with E-state index in [1.807, 2.05) is 0 Å². The van der Waals surface area contributed by atoms with E-state index in [2.05, 4.69) is 15.7 Å². The molecule has 2 saturated carbocycles. The van der Waals surface area contributed by atoms with Crippen LogP contribution in [-0.4, -0.2) is 21.6 Å². The van der Waals surface area contributed by atoms with Crippen LogP contribution >= 0.6 is 11.3 Å². The van der Waals surface area contributed by atoms with Gasteiger partial charge < -0.3 is 10.4 Å². The third-order valence-corrected chi connectivity index (χ3v) is 5.14. The lowest BCUT2D eigenvalue weighted by Crippen LogP contribution is -2.38. The molecule has 1 aromatic heterocycles. The Labute approximate surface area is 123 Å². The minimum Gasteiger partial charge on any atom is -0.389 e. The molecule has 5 heteroatoms. The Hall–Kier alpha value is -0.940. The van der Waals surface area contributed by atoms with E-state index in [9.17, 15) is 9.90 Å². The molecule has 3 rings (SSSR count). The van der Waals surface area contributed by atoms with E-state index in [-0.39, 0.29) is 12.3 Å². The Kier molecular flexibility index (Phi) is 4.08. The van der Waals surface area contributed by atoms with Crippen molar-refractivity contribution in [2.45, 2.75) is 69.4 Å². The minimum atomic E-state index is -0.773. The highest BCUT2D eigenvalue weighted by molar-refractivity contribution is 7.09. The Bertz CT molecular complexity index is 476. The van der Waals surface area contributed by atoms with Crippen molar-refractivity contribution >= 4 is 17.2 Å². The summed E-state index contributed by atoms with van der Waals surface area (Å²) in [6.07, 6.45) is 7.47. The van der Waals surface area contributed by atoms with Crippen LogP contribution in [0.15, 0.2) is 5.38 Å². The molecule has 2 N–H and O–H groups in total. The molecule has 0 bridgehead atoms. The van der Waals surface area contributed by atoms with Crippen LogP contribution in [0.4, 0.5) is 0 Å². The number of amides is 1. The highest BCUT2D eigenvalue weighted by Crippen LogP contribution is 2.40. The number of carbonyl (C=O) groups excluding carboxylic acids is 1. The van der Waals surface area contributed by atoms with E-state index in [0.717, 1.165) is 30.7 Å². The molecule has 2 fully saturated rings. The van der Waals surface area contributed by atoms with Crippen LogP contribution < -0.4 is 5.32 Å². The molecule has 110 valence electrons. The first-order chi connectivity index (χ1) is 9.65. The topological polar surface area (TPSA) is 62.2 Å². The van der Waals surface area contributed by atoms with Gasteiger partial charge >= 0.3 is 0 Å². The summed E-state index contributed by atoms with van der Waals surface area (Å²) in [6.45, 7) is 0.492. The zero-order chi connectivity index (χ0) is 14.0. The number of nitrogens with one attached hydrogen (secondary N) is 1. The molecule has 1 aromatic rings.